The summed E-state index contributed by atoms with van der Waals surface area (Å²) in [5.74, 6) is 0.685. The van der Waals surface area contributed by atoms with E-state index < -0.39 is 5.60 Å². The molecule has 1 unspecified atom stereocenters. The number of aromatic hydroxyl groups is 1. The average Bonchev–Trinajstić information content (AvgIpc) is 2.65. The van der Waals surface area contributed by atoms with E-state index >= 15 is 0 Å². The van der Waals surface area contributed by atoms with Gasteiger partial charge in [0.05, 0.1) is 6.04 Å². The fourth-order valence-corrected chi connectivity index (χ4v) is 4.48. The van der Waals surface area contributed by atoms with Crippen LogP contribution in [-0.4, -0.2) is 52.1 Å². The van der Waals surface area contributed by atoms with Crippen molar-refractivity contribution in [3.8, 4) is 5.75 Å². The van der Waals surface area contributed by atoms with Crippen molar-refractivity contribution in [1.82, 2.24) is 9.80 Å². The number of piperidine rings is 1. The molecule has 1 aromatic rings. The summed E-state index contributed by atoms with van der Waals surface area (Å²) in [6, 6.07) is 5.52. The molecule has 2 aliphatic rings. The van der Waals surface area contributed by atoms with Crippen molar-refractivity contribution in [2.75, 3.05) is 19.6 Å². The summed E-state index contributed by atoms with van der Waals surface area (Å²) in [6.07, 6.45) is 1.80. The Morgan fingerprint density at radius 2 is 1.79 bits per heavy atom. The van der Waals surface area contributed by atoms with E-state index in [0.29, 0.717) is 32.5 Å². The molecule has 0 radical (unpaired) electrons. The highest BCUT2D eigenvalue weighted by Crippen LogP contribution is 2.38. The SMILES string of the molecule is CC(C)C1c2ccc(O)cc2CCN1C(=O)C1CCN(C(=O)OC(C)(C)C)CC1. The van der Waals surface area contributed by atoms with E-state index in [9.17, 15) is 14.7 Å². The van der Waals surface area contributed by atoms with Gasteiger partial charge in [-0.05, 0) is 69.2 Å². The first-order valence-electron chi connectivity index (χ1n) is 10.7. The van der Waals surface area contributed by atoms with E-state index in [1.165, 1.54) is 0 Å². The van der Waals surface area contributed by atoms with Crippen molar-refractivity contribution >= 4 is 12.0 Å². The Morgan fingerprint density at radius 3 is 2.38 bits per heavy atom. The van der Waals surface area contributed by atoms with E-state index in [1.54, 1.807) is 11.0 Å². The minimum absolute atomic E-state index is 0.0238. The molecule has 3 rings (SSSR count). The van der Waals surface area contributed by atoms with Gasteiger partial charge in [0.2, 0.25) is 5.91 Å². The number of benzene rings is 1. The van der Waals surface area contributed by atoms with Crippen molar-refractivity contribution in [3.63, 3.8) is 0 Å². The first-order chi connectivity index (χ1) is 13.6. The van der Waals surface area contributed by atoms with E-state index in [1.807, 2.05) is 37.8 Å². The minimum Gasteiger partial charge on any atom is -0.508 e. The van der Waals surface area contributed by atoms with Crippen molar-refractivity contribution in [2.24, 2.45) is 11.8 Å². The lowest BCUT2D eigenvalue weighted by molar-refractivity contribution is -0.141. The van der Waals surface area contributed by atoms with Crippen molar-refractivity contribution in [3.05, 3.63) is 29.3 Å². The fraction of sp³-hybridized carbons (Fsp3) is 0.652. The second-order valence-corrected chi connectivity index (χ2v) is 9.60. The largest absolute Gasteiger partial charge is 0.508 e. The van der Waals surface area contributed by atoms with Crippen LogP contribution in [0.4, 0.5) is 4.79 Å². The number of phenols is 1. The zero-order valence-corrected chi connectivity index (χ0v) is 18.3. The Kier molecular flexibility index (Phi) is 6.11. The Balaban J connectivity index is 1.68. The average molecular weight is 403 g/mol. The third-order valence-corrected chi connectivity index (χ3v) is 5.81. The topological polar surface area (TPSA) is 70.1 Å². The van der Waals surface area contributed by atoms with Gasteiger partial charge < -0.3 is 19.6 Å². The molecular weight excluding hydrogens is 368 g/mol. The summed E-state index contributed by atoms with van der Waals surface area (Å²) >= 11 is 0. The second kappa shape index (κ2) is 8.25. The predicted octanol–water partition coefficient (Wildman–Crippen LogP) is 4.12. The van der Waals surface area contributed by atoms with Crippen LogP contribution < -0.4 is 0 Å². The molecule has 0 aliphatic carbocycles. The molecule has 0 aromatic heterocycles. The summed E-state index contributed by atoms with van der Waals surface area (Å²) in [6.45, 7) is 11.6. The molecule has 2 heterocycles. The molecular formula is C23H34N2O4. The number of amides is 2. The molecule has 6 nitrogen and oxygen atoms in total. The van der Waals surface area contributed by atoms with Crippen LogP contribution in [-0.2, 0) is 16.0 Å². The van der Waals surface area contributed by atoms with Gasteiger partial charge in [0, 0.05) is 25.6 Å². The first kappa shape index (κ1) is 21.5. The number of rotatable bonds is 2. The van der Waals surface area contributed by atoms with E-state index in [4.69, 9.17) is 4.74 Å². The molecule has 1 aromatic carbocycles. The van der Waals surface area contributed by atoms with Gasteiger partial charge in [-0.2, -0.15) is 0 Å². The van der Waals surface area contributed by atoms with Crippen LogP contribution in [0, 0.1) is 11.8 Å². The summed E-state index contributed by atoms with van der Waals surface area (Å²) in [5.41, 5.74) is 1.76. The van der Waals surface area contributed by atoms with Crippen molar-refractivity contribution < 1.29 is 19.4 Å². The lowest BCUT2D eigenvalue weighted by Gasteiger charge is -2.42. The summed E-state index contributed by atoms with van der Waals surface area (Å²) in [5, 5.41) is 9.81. The second-order valence-electron chi connectivity index (χ2n) is 9.60. The number of carbonyl (C=O) groups is 2. The Hall–Kier alpha value is -2.24. The number of fused-ring (bicyclic) bond motifs is 1. The minimum atomic E-state index is -0.510. The third-order valence-electron chi connectivity index (χ3n) is 5.81. The lowest BCUT2D eigenvalue weighted by atomic mass is 9.84. The predicted molar refractivity (Wildman–Crippen MR) is 112 cm³/mol. The maximum Gasteiger partial charge on any atom is 0.410 e. The van der Waals surface area contributed by atoms with Gasteiger partial charge in [0.15, 0.2) is 0 Å². The smallest absolute Gasteiger partial charge is 0.410 e. The van der Waals surface area contributed by atoms with Crippen LogP contribution in [0.15, 0.2) is 18.2 Å². The van der Waals surface area contributed by atoms with E-state index in [-0.39, 0.29) is 35.6 Å². The van der Waals surface area contributed by atoms with E-state index in [0.717, 1.165) is 17.5 Å². The molecule has 0 bridgehead atoms. The summed E-state index contributed by atoms with van der Waals surface area (Å²) in [7, 11) is 0. The maximum atomic E-state index is 13.4. The fourth-order valence-electron chi connectivity index (χ4n) is 4.48. The third kappa shape index (κ3) is 4.85. The highest BCUT2D eigenvalue weighted by molar-refractivity contribution is 5.80. The van der Waals surface area contributed by atoms with Crippen LogP contribution >= 0.6 is 0 Å². The van der Waals surface area contributed by atoms with Gasteiger partial charge in [-0.1, -0.05) is 19.9 Å². The lowest BCUT2D eigenvalue weighted by Crippen LogP contribution is -2.49. The quantitative estimate of drug-likeness (QED) is 0.808. The molecule has 2 aliphatic heterocycles. The molecule has 1 saturated heterocycles. The van der Waals surface area contributed by atoms with Crippen LogP contribution in [0.2, 0.25) is 0 Å². The number of nitrogens with zero attached hydrogens (tertiary/aromatic N) is 2. The van der Waals surface area contributed by atoms with Crippen LogP contribution in [0.5, 0.6) is 5.75 Å². The molecule has 0 saturated carbocycles. The molecule has 6 heteroatoms. The van der Waals surface area contributed by atoms with Gasteiger partial charge in [-0.3, -0.25) is 4.79 Å². The number of likely N-dealkylation sites (tertiary alicyclic amines) is 1. The highest BCUT2D eigenvalue weighted by Gasteiger charge is 2.38. The van der Waals surface area contributed by atoms with Crippen LogP contribution in [0.1, 0.15) is 64.6 Å². The zero-order chi connectivity index (χ0) is 21.3. The zero-order valence-electron chi connectivity index (χ0n) is 18.3. The van der Waals surface area contributed by atoms with Crippen molar-refractivity contribution in [1.29, 1.82) is 0 Å². The summed E-state index contributed by atoms with van der Waals surface area (Å²) < 4.78 is 5.46. The van der Waals surface area contributed by atoms with Gasteiger partial charge in [-0.15, -0.1) is 0 Å². The molecule has 0 spiro atoms. The normalized spacial score (nSPS) is 20.6. The number of hydrogen-bond acceptors (Lipinski definition) is 4. The monoisotopic (exact) mass is 402 g/mol. The number of phenolic OH excluding ortho intramolecular Hbond substituents is 1. The highest BCUT2D eigenvalue weighted by atomic mass is 16.6. The number of hydrogen-bond donors (Lipinski definition) is 1. The molecule has 1 atom stereocenters. The molecule has 1 fully saturated rings. The van der Waals surface area contributed by atoms with Gasteiger partial charge >= 0.3 is 6.09 Å². The standard InChI is InChI=1S/C23H34N2O4/c1-15(2)20-19-7-6-18(26)14-17(19)10-13-25(20)21(27)16-8-11-24(12-9-16)22(28)29-23(3,4)5/h6-7,14-16,20,26H,8-13H2,1-5H3. The first-order valence-corrected chi connectivity index (χ1v) is 10.7. The van der Waals surface area contributed by atoms with Gasteiger partial charge in [-0.25, -0.2) is 4.79 Å². The Morgan fingerprint density at radius 1 is 1.14 bits per heavy atom. The van der Waals surface area contributed by atoms with Gasteiger partial charge in [0.25, 0.3) is 0 Å². The Bertz CT molecular complexity index is 761. The molecule has 29 heavy (non-hydrogen) atoms. The van der Waals surface area contributed by atoms with Crippen molar-refractivity contribution in [2.45, 2.75) is 65.5 Å². The maximum absolute atomic E-state index is 13.4. The summed E-state index contributed by atoms with van der Waals surface area (Å²) in [4.78, 5) is 29.4. The molecule has 2 amide bonds. The van der Waals surface area contributed by atoms with Crippen LogP contribution in [0.25, 0.3) is 0 Å². The number of ether oxygens (including phenoxy) is 1. The van der Waals surface area contributed by atoms with Gasteiger partial charge in [0.1, 0.15) is 11.4 Å². The number of carbonyl (C=O) groups excluding carboxylic acids is 2. The van der Waals surface area contributed by atoms with E-state index in [2.05, 4.69) is 13.8 Å². The molecule has 1 N–H and O–H groups in total. The Labute approximate surface area is 173 Å². The molecule has 160 valence electrons. The van der Waals surface area contributed by atoms with Crippen LogP contribution in [0.3, 0.4) is 0 Å².